The Balaban J connectivity index is 2.05. The van der Waals surface area contributed by atoms with Crippen molar-refractivity contribution in [3.05, 3.63) is 52.9 Å². The number of imidazole rings is 1. The second kappa shape index (κ2) is 9.24. The van der Waals surface area contributed by atoms with Gasteiger partial charge in [-0.25, -0.2) is 4.98 Å². The second-order valence-electron chi connectivity index (χ2n) is 7.44. The highest BCUT2D eigenvalue weighted by atomic mass is 35.5. The maximum Gasteiger partial charge on any atom is 0.279 e. The highest BCUT2D eigenvalue weighted by molar-refractivity contribution is 7.97. The van der Waals surface area contributed by atoms with E-state index in [1.54, 1.807) is 4.90 Å². The van der Waals surface area contributed by atoms with E-state index in [9.17, 15) is 4.79 Å². The zero-order valence-corrected chi connectivity index (χ0v) is 19.0. The Morgan fingerprint density at radius 2 is 1.97 bits per heavy atom. The number of amides is 1. The monoisotopic (exact) mass is 433 g/mol. The van der Waals surface area contributed by atoms with Crippen LogP contribution in [0.5, 0.6) is 0 Å². The molecule has 1 aliphatic rings. The predicted molar refractivity (Wildman–Crippen MR) is 120 cm³/mol. The summed E-state index contributed by atoms with van der Waals surface area (Å²) in [4.78, 5) is 21.9. The van der Waals surface area contributed by atoms with E-state index in [1.165, 1.54) is 11.9 Å². The van der Waals surface area contributed by atoms with Crippen molar-refractivity contribution in [1.29, 1.82) is 0 Å². The smallest absolute Gasteiger partial charge is 0.279 e. The lowest BCUT2D eigenvalue weighted by Crippen LogP contribution is -2.43. The van der Waals surface area contributed by atoms with Crippen molar-refractivity contribution in [2.75, 3.05) is 18.5 Å². The van der Waals surface area contributed by atoms with Gasteiger partial charge in [0.05, 0.1) is 6.54 Å². The van der Waals surface area contributed by atoms with Crippen LogP contribution < -0.4 is 9.62 Å². The number of hydrogen-bond donors (Lipinski definition) is 1. The first-order chi connectivity index (χ1) is 13.8. The summed E-state index contributed by atoms with van der Waals surface area (Å²) in [6.45, 7) is 11.6. The highest BCUT2D eigenvalue weighted by Crippen LogP contribution is 2.35. The first-order valence-electron chi connectivity index (χ1n) is 9.85. The summed E-state index contributed by atoms with van der Waals surface area (Å²) in [6.07, 6.45) is 1.94. The number of halogens is 1. The topological polar surface area (TPSA) is 53.4 Å². The third-order valence-corrected chi connectivity index (χ3v) is 6.09. The van der Waals surface area contributed by atoms with Gasteiger partial charge in [0.1, 0.15) is 5.82 Å². The molecule has 29 heavy (non-hydrogen) atoms. The second-order valence-corrected chi connectivity index (χ2v) is 8.68. The van der Waals surface area contributed by atoms with Crippen LogP contribution in [0.3, 0.4) is 0 Å². The summed E-state index contributed by atoms with van der Waals surface area (Å²) in [5.74, 6) is 1.27. The molecule has 0 spiro atoms. The number of nitrogens with one attached hydrogen (secondary N) is 1. The van der Waals surface area contributed by atoms with E-state index in [4.69, 9.17) is 16.6 Å². The zero-order chi connectivity index (χ0) is 21.1. The Hall–Kier alpha value is -1.96. The fourth-order valence-electron chi connectivity index (χ4n) is 3.13. The number of rotatable bonds is 8. The largest absolute Gasteiger partial charge is 0.314 e. The van der Waals surface area contributed by atoms with Crippen molar-refractivity contribution < 1.29 is 4.79 Å². The van der Waals surface area contributed by atoms with Crippen LogP contribution in [0.25, 0.3) is 0 Å². The first-order valence-corrected chi connectivity index (χ1v) is 11.0. The Labute approximate surface area is 182 Å². The molecule has 0 atom stereocenters. The Morgan fingerprint density at radius 3 is 2.59 bits per heavy atom. The van der Waals surface area contributed by atoms with E-state index >= 15 is 0 Å². The minimum absolute atomic E-state index is 0.0468. The van der Waals surface area contributed by atoms with Gasteiger partial charge in [0.25, 0.3) is 5.91 Å². The van der Waals surface area contributed by atoms with Gasteiger partial charge in [-0.15, -0.1) is 0 Å². The molecule has 1 amide bonds. The van der Waals surface area contributed by atoms with Crippen molar-refractivity contribution in [3.8, 4) is 0 Å². The van der Waals surface area contributed by atoms with Gasteiger partial charge >= 0.3 is 0 Å². The molecular formula is C21H28ClN5OS. The van der Waals surface area contributed by atoms with Crippen molar-refractivity contribution in [2.24, 2.45) is 0 Å². The molecule has 0 aliphatic carbocycles. The first kappa shape index (κ1) is 21.7. The SMILES string of the molecule is C=C1N(CCCC)C(=O)c2c(nc(SNC(C)C)n2Cc2ccc(Cl)cc2)N1C. The van der Waals surface area contributed by atoms with Gasteiger partial charge in [0.15, 0.2) is 16.7 Å². The number of anilines is 1. The lowest BCUT2D eigenvalue weighted by molar-refractivity contribution is 0.0781. The van der Waals surface area contributed by atoms with E-state index < -0.39 is 0 Å². The van der Waals surface area contributed by atoms with Crippen LogP contribution in [0.2, 0.25) is 5.02 Å². The number of fused-ring (bicyclic) bond motifs is 1. The fourth-order valence-corrected chi connectivity index (χ4v) is 3.99. The molecule has 1 aromatic heterocycles. The summed E-state index contributed by atoms with van der Waals surface area (Å²) in [7, 11) is 1.91. The third kappa shape index (κ3) is 4.63. The molecule has 3 rings (SSSR count). The predicted octanol–water partition coefficient (Wildman–Crippen LogP) is 4.75. The fraction of sp³-hybridized carbons (Fsp3) is 0.429. The lowest BCUT2D eigenvalue weighted by Gasteiger charge is -2.35. The van der Waals surface area contributed by atoms with Gasteiger partial charge in [0, 0.05) is 24.7 Å². The Morgan fingerprint density at radius 1 is 1.28 bits per heavy atom. The summed E-state index contributed by atoms with van der Waals surface area (Å²) < 4.78 is 5.33. The number of nitrogens with zero attached hydrogens (tertiary/aromatic N) is 4. The molecule has 2 heterocycles. The van der Waals surface area contributed by atoms with Gasteiger partial charge in [-0.05, 0) is 49.9 Å². The van der Waals surface area contributed by atoms with Gasteiger partial charge in [0.2, 0.25) is 0 Å². The van der Waals surface area contributed by atoms with Crippen molar-refractivity contribution in [2.45, 2.75) is 51.4 Å². The maximum atomic E-state index is 13.4. The molecule has 156 valence electrons. The van der Waals surface area contributed by atoms with Crippen molar-refractivity contribution in [1.82, 2.24) is 19.2 Å². The molecule has 1 aliphatic heterocycles. The van der Waals surface area contributed by atoms with Crippen molar-refractivity contribution >= 4 is 35.3 Å². The normalized spacial score (nSPS) is 14.1. The van der Waals surface area contributed by atoms with Crippen molar-refractivity contribution in [3.63, 3.8) is 0 Å². The van der Waals surface area contributed by atoms with Gasteiger partial charge in [-0.2, -0.15) is 0 Å². The van der Waals surface area contributed by atoms with Crippen LogP contribution in [0.15, 0.2) is 41.8 Å². The maximum absolute atomic E-state index is 13.4. The number of benzene rings is 1. The Kier molecular flexibility index (Phi) is 6.93. The summed E-state index contributed by atoms with van der Waals surface area (Å²) in [6, 6.07) is 7.96. The number of unbranched alkanes of at least 4 members (excludes halogenated alkanes) is 1. The van der Waals surface area contributed by atoms with E-state index in [-0.39, 0.29) is 11.9 Å². The average Bonchev–Trinajstić information content (AvgIpc) is 3.05. The average molecular weight is 434 g/mol. The van der Waals surface area contributed by atoms with Gasteiger partial charge in [-0.3, -0.25) is 14.4 Å². The molecule has 6 nitrogen and oxygen atoms in total. The molecule has 0 bridgehead atoms. The molecule has 1 N–H and O–H groups in total. The molecule has 0 radical (unpaired) electrons. The van der Waals surface area contributed by atoms with Gasteiger partial charge < -0.3 is 9.47 Å². The molecule has 1 aromatic carbocycles. The molecule has 2 aromatic rings. The van der Waals surface area contributed by atoms with Crippen LogP contribution >= 0.6 is 23.5 Å². The number of carbonyl (C=O) groups excluding carboxylic acids is 1. The number of aromatic nitrogens is 2. The zero-order valence-electron chi connectivity index (χ0n) is 17.4. The molecule has 0 saturated carbocycles. The van der Waals surface area contributed by atoms with E-state index in [1.807, 2.05) is 40.8 Å². The summed E-state index contributed by atoms with van der Waals surface area (Å²) in [5.41, 5.74) is 1.65. The standard InChI is InChI=1S/C21H28ClN5OS/c1-6-7-12-26-15(4)25(5)19-18(20(26)28)27(21(23-19)29-24-14(2)3)13-16-8-10-17(22)11-9-16/h8-11,14,24H,4,6-7,12-13H2,1-3,5H3. The van der Waals surface area contributed by atoms with E-state index in [2.05, 4.69) is 32.1 Å². The molecule has 0 saturated heterocycles. The summed E-state index contributed by atoms with van der Waals surface area (Å²) in [5, 5.41) is 1.44. The lowest BCUT2D eigenvalue weighted by atomic mass is 10.2. The van der Waals surface area contributed by atoms with Crippen LogP contribution in [0.4, 0.5) is 5.82 Å². The number of carbonyl (C=O) groups is 1. The van der Waals surface area contributed by atoms with Crippen LogP contribution in [0.1, 0.15) is 49.7 Å². The van der Waals surface area contributed by atoms with Gasteiger partial charge in [-0.1, -0.05) is 43.7 Å². The minimum atomic E-state index is -0.0468. The molecule has 8 heteroatoms. The minimum Gasteiger partial charge on any atom is -0.314 e. The Bertz CT molecular complexity index is 893. The quantitative estimate of drug-likeness (QED) is 0.608. The number of hydrogen-bond acceptors (Lipinski definition) is 5. The van der Waals surface area contributed by atoms with E-state index in [0.29, 0.717) is 35.4 Å². The van der Waals surface area contributed by atoms with E-state index in [0.717, 1.165) is 23.6 Å². The highest BCUT2D eigenvalue weighted by Gasteiger charge is 2.36. The molecular weight excluding hydrogens is 406 g/mol. The molecule has 0 unspecified atom stereocenters. The summed E-state index contributed by atoms with van der Waals surface area (Å²) >= 11 is 7.48. The van der Waals surface area contributed by atoms with Crippen LogP contribution in [-0.2, 0) is 6.54 Å². The van der Waals surface area contributed by atoms with Crippen LogP contribution in [-0.4, -0.2) is 40.0 Å². The van der Waals surface area contributed by atoms with Crippen LogP contribution in [0, 0.1) is 0 Å². The molecule has 0 fully saturated rings. The third-order valence-electron chi connectivity index (χ3n) is 4.75.